The van der Waals surface area contributed by atoms with Gasteiger partial charge >= 0.3 is 5.79 Å². The second-order valence-electron chi connectivity index (χ2n) is 10.6. The summed E-state index contributed by atoms with van der Waals surface area (Å²) in [5.74, 6) is -1.14. The largest absolute Gasteiger partial charge is 0.508 e. The Morgan fingerprint density at radius 3 is 2.14 bits per heavy atom. The Labute approximate surface area is 238 Å². The molecule has 8 rings (SSSR count). The van der Waals surface area contributed by atoms with Gasteiger partial charge in [-0.3, -0.25) is 0 Å². The zero-order chi connectivity index (χ0) is 28.9. The summed E-state index contributed by atoms with van der Waals surface area (Å²) in [6.07, 6.45) is 0. The molecule has 0 radical (unpaired) electrons. The topological polar surface area (TPSA) is 133 Å². The zero-order valence-electron chi connectivity index (χ0n) is 22.0. The fourth-order valence-electron chi connectivity index (χ4n) is 6.10. The Morgan fingerprint density at radius 2 is 1.31 bits per heavy atom. The van der Waals surface area contributed by atoms with E-state index >= 15 is 0 Å². The van der Waals surface area contributed by atoms with Crippen molar-refractivity contribution in [2.45, 2.75) is 12.7 Å². The highest BCUT2D eigenvalue weighted by Gasteiger charge is 2.52. The van der Waals surface area contributed by atoms with Crippen LogP contribution in [-0.4, -0.2) is 25.5 Å². The van der Waals surface area contributed by atoms with Crippen molar-refractivity contribution < 1.29 is 39.4 Å². The second kappa shape index (κ2) is 8.14. The Bertz CT molecular complexity index is 2130. The predicted octanol–water partition coefficient (Wildman–Crippen LogP) is 7.26. The molecule has 0 saturated heterocycles. The van der Waals surface area contributed by atoms with Gasteiger partial charge in [0.15, 0.2) is 0 Å². The van der Waals surface area contributed by atoms with E-state index in [1.165, 1.54) is 30.3 Å². The van der Waals surface area contributed by atoms with E-state index in [0.717, 1.165) is 16.5 Å². The molecule has 0 aliphatic carbocycles. The van der Waals surface area contributed by atoms with Crippen LogP contribution in [0, 0.1) is 6.92 Å². The standard InChI is InChI=1S/C34H22O8/c1-16-8-23-22-6-4-21(37)15-30(22)41-34(25-7-5-19(35)13-26(25)38)33(23)24(9-16)32-27(39)10-18(12-31(32)42-34)28-11-17-2-3-20(36)14-29(17)40-28/h2-15,35-39H,1H3. The van der Waals surface area contributed by atoms with Gasteiger partial charge < -0.3 is 39.4 Å². The maximum Gasteiger partial charge on any atom is 0.310 e. The summed E-state index contributed by atoms with van der Waals surface area (Å²) in [5, 5.41) is 53.7. The van der Waals surface area contributed by atoms with Crippen molar-refractivity contribution in [2.75, 3.05) is 0 Å². The van der Waals surface area contributed by atoms with E-state index in [1.54, 1.807) is 42.5 Å². The minimum atomic E-state index is -1.76. The molecular weight excluding hydrogens is 536 g/mol. The lowest BCUT2D eigenvalue weighted by Crippen LogP contribution is -2.45. The van der Waals surface area contributed by atoms with Crippen LogP contribution in [0.3, 0.4) is 0 Å². The Kier molecular flexibility index (Phi) is 4.67. The van der Waals surface area contributed by atoms with Crippen molar-refractivity contribution in [1.29, 1.82) is 0 Å². The van der Waals surface area contributed by atoms with Crippen LogP contribution in [0.1, 0.15) is 16.7 Å². The Balaban J connectivity index is 1.44. The number of phenols is 5. The van der Waals surface area contributed by atoms with Crippen LogP contribution in [0.15, 0.2) is 89.3 Å². The summed E-state index contributed by atoms with van der Waals surface area (Å²) in [6, 6.07) is 22.8. The van der Waals surface area contributed by atoms with Crippen LogP contribution in [0.25, 0.3) is 44.5 Å². The monoisotopic (exact) mass is 558 g/mol. The molecule has 1 atom stereocenters. The first-order valence-corrected chi connectivity index (χ1v) is 13.2. The normalized spacial score (nSPS) is 16.2. The van der Waals surface area contributed by atoms with Gasteiger partial charge in [0, 0.05) is 40.3 Å². The average Bonchev–Trinajstić information content (AvgIpc) is 3.35. The van der Waals surface area contributed by atoms with Crippen molar-refractivity contribution in [3.05, 3.63) is 102 Å². The molecular formula is C34H22O8. The van der Waals surface area contributed by atoms with E-state index in [0.29, 0.717) is 44.9 Å². The first-order valence-electron chi connectivity index (χ1n) is 13.2. The van der Waals surface area contributed by atoms with Crippen LogP contribution in [-0.2, 0) is 5.79 Å². The minimum absolute atomic E-state index is 0.0118. The lowest BCUT2D eigenvalue weighted by molar-refractivity contribution is -0.0893. The molecule has 0 fully saturated rings. The quantitative estimate of drug-likeness (QED) is 0.150. The fourth-order valence-corrected chi connectivity index (χ4v) is 6.10. The number of phenolic OH excluding ortho intramolecular Hbond substituents is 5. The van der Waals surface area contributed by atoms with Gasteiger partial charge in [-0.1, -0.05) is 12.1 Å². The number of aryl methyl sites for hydroxylation is 1. The molecule has 42 heavy (non-hydrogen) atoms. The van der Waals surface area contributed by atoms with Gasteiger partial charge in [-0.2, -0.15) is 0 Å². The van der Waals surface area contributed by atoms with Gasteiger partial charge in [-0.05, 0) is 72.6 Å². The summed E-state index contributed by atoms with van der Waals surface area (Å²) in [6.45, 7) is 1.94. The number of hydrogen-bond acceptors (Lipinski definition) is 8. The maximum atomic E-state index is 11.5. The summed E-state index contributed by atoms with van der Waals surface area (Å²) >= 11 is 0. The number of ether oxygens (including phenoxy) is 2. The summed E-state index contributed by atoms with van der Waals surface area (Å²) in [4.78, 5) is 0. The van der Waals surface area contributed by atoms with E-state index in [1.807, 2.05) is 19.1 Å². The first kappa shape index (κ1) is 24.1. The fraction of sp³-hybridized carbons (Fsp3) is 0.0588. The number of fused-ring (bicyclic) bond motifs is 5. The van der Waals surface area contributed by atoms with Crippen LogP contribution in [0.2, 0.25) is 0 Å². The molecule has 3 heterocycles. The number of rotatable bonds is 2. The molecule has 1 unspecified atom stereocenters. The third-order valence-corrected chi connectivity index (χ3v) is 7.85. The van der Waals surface area contributed by atoms with Crippen LogP contribution in [0.5, 0.6) is 40.2 Å². The van der Waals surface area contributed by atoms with Crippen LogP contribution in [0.4, 0.5) is 0 Å². The van der Waals surface area contributed by atoms with E-state index < -0.39 is 5.79 Å². The predicted molar refractivity (Wildman–Crippen MR) is 154 cm³/mol. The molecule has 5 N–H and O–H groups in total. The van der Waals surface area contributed by atoms with Gasteiger partial charge in [0.25, 0.3) is 0 Å². The lowest BCUT2D eigenvalue weighted by Gasteiger charge is -2.44. The molecule has 206 valence electrons. The minimum Gasteiger partial charge on any atom is -0.508 e. The van der Waals surface area contributed by atoms with Crippen molar-refractivity contribution >= 4 is 11.0 Å². The van der Waals surface area contributed by atoms with Gasteiger partial charge in [-0.15, -0.1) is 0 Å². The Morgan fingerprint density at radius 1 is 0.595 bits per heavy atom. The highest BCUT2D eigenvalue weighted by molar-refractivity contribution is 5.93. The Hall–Kier alpha value is -5.76. The molecule has 6 aromatic rings. The summed E-state index contributed by atoms with van der Waals surface area (Å²) < 4.78 is 19.3. The van der Waals surface area contributed by atoms with E-state index in [9.17, 15) is 25.5 Å². The van der Waals surface area contributed by atoms with E-state index in [2.05, 4.69) is 0 Å². The van der Waals surface area contributed by atoms with Crippen molar-refractivity contribution in [3.63, 3.8) is 0 Å². The van der Waals surface area contributed by atoms with Crippen molar-refractivity contribution in [2.24, 2.45) is 0 Å². The van der Waals surface area contributed by atoms with Crippen LogP contribution < -0.4 is 9.47 Å². The molecule has 0 amide bonds. The first-order chi connectivity index (χ1) is 20.2. The average molecular weight is 559 g/mol. The van der Waals surface area contributed by atoms with Crippen molar-refractivity contribution in [3.8, 4) is 73.8 Å². The number of aromatic hydroxyl groups is 5. The number of benzene rings is 5. The molecule has 0 bridgehead atoms. The SMILES string of the molecule is Cc1cc2c3c(c1)-c1c(O)cc(-c4cc5ccc(O)cc5o4)cc1OC3(c1ccc(O)cc1O)Oc1cc(O)ccc1-2. The van der Waals surface area contributed by atoms with Gasteiger partial charge in [-0.25, -0.2) is 0 Å². The molecule has 1 aromatic heterocycles. The molecule has 5 aromatic carbocycles. The summed E-state index contributed by atoms with van der Waals surface area (Å²) in [7, 11) is 0. The highest BCUT2D eigenvalue weighted by atomic mass is 16.7. The lowest BCUT2D eigenvalue weighted by atomic mass is 9.78. The number of furan rings is 1. The third-order valence-electron chi connectivity index (χ3n) is 7.85. The molecule has 2 aliphatic rings. The van der Waals surface area contributed by atoms with Crippen molar-refractivity contribution in [1.82, 2.24) is 0 Å². The number of hydrogen-bond donors (Lipinski definition) is 5. The molecule has 0 saturated carbocycles. The van der Waals surface area contributed by atoms with Gasteiger partial charge in [0.05, 0.1) is 16.7 Å². The van der Waals surface area contributed by atoms with Gasteiger partial charge in [0.1, 0.15) is 51.6 Å². The summed E-state index contributed by atoms with van der Waals surface area (Å²) in [5.41, 5.74) is 5.19. The smallest absolute Gasteiger partial charge is 0.310 e. The molecule has 0 spiro atoms. The molecule has 8 heteroatoms. The zero-order valence-corrected chi connectivity index (χ0v) is 22.0. The maximum absolute atomic E-state index is 11.5. The highest BCUT2D eigenvalue weighted by Crippen LogP contribution is 2.60. The van der Waals surface area contributed by atoms with Gasteiger partial charge in [0.2, 0.25) is 0 Å². The second-order valence-corrected chi connectivity index (χ2v) is 10.6. The van der Waals surface area contributed by atoms with E-state index in [-0.39, 0.29) is 40.1 Å². The molecule has 8 nitrogen and oxygen atoms in total. The molecule has 2 aliphatic heterocycles. The van der Waals surface area contributed by atoms with Crippen LogP contribution >= 0.6 is 0 Å². The third kappa shape index (κ3) is 3.29. The van der Waals surface area contributed by atoms with E-state index in [4.69, 9.17) is 13.9 Å².